The van der Waals surface area contributed by atoms with Gasteiger partial charge in [0.1, 0.15) is 6.04 Å². The minimum Gasteiger partial charge on any atom is -0.463 e. The molecule has 1 N–H and O–H groups in total. The standard InChI is InChI=1S/C31H29N5O5S2/c1-3-41-30(38)26-27(20-8-5-4-6-9-20)32-31-35(28(26)24-10-7-17-42-24)29(37)25(43-31)19-21-18-22(36(39)40)11-12-23(21)34-15-13-33(2)14-16-34/h4-12,17-19,28H,3,13-16H2,1-2H3/p+1/b25-19+/t28-/m1/s1. The highest BCUT2D eigenvalue weighted by Gasteiger charge is 2.35. The molecule has 1 atom stereocenters. The van der Waals surface area contributed by atoms with Gasteiger partial charge in [0.2, 0.25) is 0 Å². The topological polar surface area (TPSA) is 111 Å². The van der Waals surface area contributed by atoms with Crippen molar-refractivity contribution in [2.24, 2.45) is 4.99 Å². The summed E-state index contributed by atoms with van der Waals surface area (Å²) in [5.74, 6) is -0.532. The molecular formula is C31H30N5O5S2+. The Balaban J connectivity index is 1.58. The second kappa shape index (κ2) is 12.1. The van der Waals surface area contributed by atoms with E-state index >= 15 is 0 Å². The molecule has 0 saturated carbocycles. The Labute approximate surface area is 255 Å². The van der Waals surface area contributed by atoms with E-state index in [9.17, 15) is 19.7 Å². The molecule has 0 spiro atoms. The lowest BCUT2D eigenvalue weighted by atomic mass is 9.97. The van der Waals surface area contributed by atoms with Crippen LogP contribution in [0.2, 0.25) is 0 Å². The number of likely N-dealkylation sites (N-methyl/N-ethyl adjacent to an activating group) is 1. The van der Waals surface area contributed by atoms with Gasteiger partial charge >= 0.3 is 5.97 Å². The van der Waals surface area contributed by atoms with Gasteiger partial charge in [0.25, 0.3) is 11.2 Å². The predicted molar refractivity (Wildman–Crippen MR) is 167 cm³/mol. The summed E-state index contributed by atoms with van der Waals surface area (Å²) in [7, 11) is 2.15. The molecule has 0 bridgehead atoms. The minimum absolute atomic E-state index is 0.0463. The highest BCUT2D eigenvalue weighted by molar-refractivity contribution is 7.10. The first-order valence-corrected chi connectivity index (χ1v) is 15.7. The minimum atomic E-state index is -0.738. The quantitative estimate of drug-likeness (QED) is 0.194. The fourth-order valence-corrected chi connectivity index (χ4v) is 7.30. The van der Waals surface area contributed by atoms with E-state index in [1.807, 2.05) is 47.8 Å². The lowest BCUT2D eigenvalue weighted by Gasteiger charge is -2.32. The number of carbonyl (C=O) groups excluding carboxylic acids is 1. The predicted octanol–water partition coefficient (Wildman–Crippen LogP) is 2.24. The summed E-state index contributed by atoms with van der Waals surface area (Å²) in [5.41, 5.74) is 2.57. The molecule has 4 aromatic rings. The summed E-state index contributed by atoms with van der Waals surface area (Å²) in [4.78, 5) is 48.8. The molecule has 12 heteroatoms. The van der Waals surface area contributed by atoms with Crippen LogP contribution in [0.5, 0.6) is 0 Å². The average Bonchev–Trinajstić information content (AvgIpc) is 3.66. The first kappa shape index (κ1) is 28.7. The zero-order valence-corrected chi connectivity index (χ0v) is 25.3. The van der Waals surface area contributed by atoms with Crippen LogP contribution in [0, 0.1) is 10.1 Å². The first-order valence-electron chi connectivity index (χ1n) is 14.0. The van der Waals surface area contributed by atoms with E-state index in [1.165, 1.54) is 39.7 Å². The maximum absolute atomic E-state index is 14.2. The molecular weight excluding hydrogens is 587 g/mol. The van der Waals surface area contributed by atoms with Gasteiger partial charge < -0.3 is 14.5 Å². The largest absolute Gasteiger partial charge is 0.463 e. The first-order chi connectivity index (χ1) is 20.9. The molecule has 1 fully saturated rings. The number of non-ortho nitro benzene ring substituents is 1. The Morgan fingerprint density at radius 3 is 2.60 bits per heavy atom. The van der Waals surface area contributed by atoms with Crippen LogP contribution >= 0.6 is 22.7 Å². The fraction of sp³-hybridized carbons (Fsp3) is 0.258. The number of piperazine rings is 1. The Morgan fingerprint density at radius 1 is 1.16 bits per heavy atom. The van der Waals surface area contributed by atoms with Gasteiger partial charge in [0, 0.05) is 33.8 Å². The van der Waals surface area contributed by atoms with E-state index in [1.54, 1.807) is 23.6 Å². The molecule has 43 heavy (non-hydrogen) atoms. The lowest BCUT2D eigenvalue weighted by Crippen LogP contribution is -3.12. The zero-order chi connectivity index (χ0) is 30.1. The third-order valence-corrected chi connectivity index (χ3v) is 9.56. The molecule has 0 amide bonds. The van der Waals surface area contributed by atoms with Gasteiger partial charge in [0.15, 0.2) is 4.80 Å². The number of hydrogen-bond acceptors (Lipinski definition) is 9. The number of rotatable bonds is 7. The fourth-order valence-electron chi connectivity index (χ4n) is 5.49. The Bertz CT molecular complexity index is 1890. The highest BCUT2D eigenvalue weighted by atomic mass is 32.1. The van der Waals surface area contributed by atoms with Crippen molar-refractivity contribution in [1.82, 2.24) is 4.57 Å². The number of anilines is 1. The molecule has 2 aromatic heterocycles. The molecule has 6 rings (SSSR count). The summed E-state index contributed by atoms with van der Waals surface area (Å²) in [6.45, 7) is 5.40. The number of hydrogen-bond donors (Lipinski definition) is 1. The highest BCUT2D eigenvalue weighted by Crippen LogP contribution is 2.37. The number of esters is 1. The van der Waals surface area contributed by atoms with Crippen molar-refractivity contribution in [2.75, 3.05) is 44.7 Å². The van der Waals surface area contributed by atoms with Gasteiger partial charge in [0.05, 0.1) is 60.6 Å². The van der Waals surface area contributed by atoms with Crippen LogP contribution < -0.4 is 24.7 Å². The van der Waals surface area contributed by atoms with Gasteiger partial charge in [-0.15, -0.1) is 11.3 Å². The smallest absolute Gasteiger partial charge is 0.338 e. The van der Waals surface area contributed by atoms with Crippen molar-refractivity contribution in [3.8, 4) is 0 Å². The summed E-state index contributed by atoms with van der Waals surface area (Å²) in [6, 6.07) is 17.2. The van der Waals surface area contributed by atoms with Crippen molar-refractivity contribution in [3.63, 3.8) is 0 Å². The zero-order valence-electron chi connectivity index (χ0n) is 23.7. The molecule has 2 aliphatic heterocycles. The molecule has 0 radical (unpaired) electrons. The second-order valence-electron chi connectivity index (χ2n) is 10.4. The van der Waals surface area contributed by atoms with Crippen LogP contribution in [0.3, 0.4) is 0 Å². The number of thiazole rings is 1. The number of quaternary nitrogens is 1. The van der Waals surface area contributed by atoms with Gasteiger partial charge in [-0.05, 0) is 30.5 Å². The monoisotopic (exact) mass is 616 g/mol. The Hall–Kier alpha value is -4.39. The average molecular weight is 617 g/mol. The van der Waals surface area contributed by atoms with Crippen LogP contribution in [0.1, 0.15) is 29.0 Å². The van der Waals surface area contributed by atoms with E-state index in [0.29, 0.717) is 26.2 Å². The molecule has 220 valence electrons. The van der Waals surface area contributed by atoms with Gasteiger partial charge in [-0.1, -0.05) is 47.7 Å². The number of nitrogens with one attached hydrogen (secondary N) is 1. The van der Waals surface area contributed by atoms with Crippen LogP contribution in [0.15, 0.2) is 81.4 Å². The number of nitro benzene ring substituents is 1. The van der Waals surface area contributed by atoms with Crippen LogP contribution in [0.4, 0.5) is 11.4 Å². The normalized spacial score (nSPS) is 17.5. The number of fused-ring (bicyclic) bond motifs is 1. The molecule has 10 nitrogen and oxygen atoms in total. The molecule has 0 unspecified atom stereocenters. The van der Waals surface area contributed by atoms with Crippen molar-refractivity contribution in [3.05, 3.63) is 117 Å². The van der Waals surface area contributed by atoms with Gasteiger partial charge in [-0.25, -0.2) is 9.79 Å². The number of carbonyl (C=O) groups is 1. The summed E-state index contributed by atoms with van der Waals surface area (Å²) in [5, 5.41) is 13.6. The van der Waals surface area contributed by atoms with Crippen molar-refractivity contribution in [1.29, 1.82) is 0 Å². The van der Waals surface area contributed by atoms with E-state index < -0.39 is 16.9 Å². The molecule has 0 aliphatic carbocycles. The third-order valence-electron chi connectivity index (χ3n) is 7.65. The van der Waals surface area contributed by atoms with E-state index in [4.69, 9.17) is 9.73 Å². The number of benzene rings is 2. The molecule has 2 aromatic carbocycles. The Kier molecular flexibility index (Phi) is 8.06. The van der Waals surface area contributed by atoms with E-state index in [0.717, 1.165) is 42.3 Å². The Morgan fingerprint density at radius 2 is 1.93 bits per heavy atom. The summed E-state index contributed by atoms with van der Waals surface area (Å²) < 4.78 is 7.43. The summed E-state index contributed by atoms with van der Waals surface area (Å²) in [6.07, 6.45) is 1.72. The van der Waals surface area contributed by atoms with Crippen molar-refractivity contribution in [2.45, 2.75) is 13.0 Å². The van der Waals surface area contributed by atoms with Crippen molar-refractivity contribution < 1.29 is 19.4 Å². The summed E-state index contributed by atoms with van der Waals surface area (Å²) >= 11 is 2.65. The SMILES string of the molecule is CCOC(=O)C1=C(c2ccccc2)N=c2s/c(=C/c3cc([N+](=O)[O-])ccc3N3CC[NH+](C)CC3)c(=O)n2[C@@H]1c1cccs1. The van der Waals surface area contributed by atoms with Crippen LogP contribution in [-0.2, 0) is 9.53 Å². The molecule has 2 aliphatic rings. The third kappa shape index (κ3) is 5.56. The van der Waals surface area contributed by atoms with Crippen molar-refractivity contribution >= 4 is 51.8 Å². The van der Waals surface area contributed by atoms with Crippen LogP contribution in [0.25, 0.3) is 11.8 Å². The van der Waals surface area contributed by atoms with Gasteiger partial charge in [-0.3, -0.25) is 19.5 Å². The van der Waals surface area contributed by atoms with E-state index in [2.05, 4.69) is 11.9 Å². The maximum atomic E-state index is 14.2. The number of nitrogens with zero attached hydrogens (tertiary/aromatic N) is 4. The maximum Gasteiger partial charge on any atom is 0.338 e. The lowest BCUT2D eigenvalue weighted by molar-refractivity contribution is -0.880. The number of ether oxygens (including phenoxy) is 1. The number of nitro groups is 1. The number of aromatic nitrogens is 1. The van der Waals surface area contributed by atoms with Gasteiger partial charge in [-0.2, -0.15) is 0 Å². The van der Waals surface area contributed by atoms with Crippen LogP contribution in [-0.4, -0.2) is 55.3 Å². The molecule has 1 saturated heterocycles. The van der Waals surface area contributed by atoms with E-state index in [-0.39, 0.29) is 17.9 Å². The molecule has 4 heterocycles. The number of thiophene rings is 1. The second-order valence-corrected chi connectivity index (χ2v) is 12.4.